The number of hydrogen-bond donors (Lipinski definition) is 1. The number of carbonyl (C=O) groups is 1. The topological polar surface area (TPSA) is 69.0 Å². The van der Waals surface area contributed by atoms with Gasteiger partial charge in [0.2, 0.25) is 0 Å². The van der Waals surface area contributed by atoms with Crippen LogP contribution in [0.3, 0.4) is 0 Å². The summed E-state index contributed by atoms with van der Waals surface area (Å²) in [5, 5.41) is 3.94. The van der Waals surface area contributed by atoms with Crippen molar-refractivity contribution in [3.63, 3.8) is 0 Å². The van der Waals surface area contributed by atoms with Gasteiger partial charge in [0.15, 0.2) is 0 Å². The number of ether oxygens (including phenoxy) is 1. The summed E-state index contributed by atoms with van der Waals surface area (Å²) >= 11 is 0. The molecule has 0 aliphatic carbocycles. The van der Waals surface area contributed by atoms with E-state index in [9.17, 15) is 4.79 Å². The van der Waals surface area contributed by atoms with Crippen LogP contribution >= 0.6 is 0 Å². The van der Waals surface area contributed by atoms with Gasteiger partial charge in [-0.1, -0.05) is 36.4 Å². The van der Waals surface area contributed by atoms with Gasteiger partial charge >= 0.3 is 0 Å². The maximum atomic E-state index is 12.7. The average molecular weight is 372 g/mol. The molecule has 0 saturated heterocycles. The molecule has 1 N–H and O–H groups in total. The van der Waals surface area contributed by atoms with E-state index in [-0.39, 0.29) is 5.91 Å². The Morgan fingerprint density at radius 3 is 2.75 bits per heavy atom. The minimum Gasteiger partial charge on any atom is -0.489 e. The van der Waals surface area contributed by atoms with Crippen LogP contribution in [0.15, 0.2) is 73.2 Å². The van der Waals surface area contributed by atoms with Crippen LogP contribution in [0.25, 0.3) is 22.3 Å². The van der Waals surface area contributed by atoms with Gasteiger partial charge in [0, 0.05) is 36.6 Å². The van der Waals surface area contributed by atoms with Gasteiger partial charge in [0.1, 0.15) is 23.7 Å². The van der Waals surface area contributed by atoms with Crippen LogP contribution in [0.4, 0.5) is 0 Å². The van der Waals surface area contributed by atoms with Crippen LogP contribution in [0.2, 0.25) is 0 Å². The maximum Gasteiger partial charge on any atom is 0.252 e. The fraction of sp³-hybridized carbons (Fsp3) is 0.136. The minimum atomic E-state index is -0.154. The Bertz CT molecular complexity index is 1110. The molecule has 0 unspecified atom stereocenters. The molecule has 2 aromatic heterocycles. The predicted molar refractivity (Wildman–Crippen MR) is 108 cm³/mol. The quantitative estimate of drug-likeness (QED) is 0.527. The number of aromatic nitrogens is 3. The summed E-state index contributed by atoms with van der Waals surface area (Å²) in [6, 6.07) is 17.1. The highest BCUT2D eigenvalue weighted by molar-refractivity contribution is 6.00. The number of benzene rings is 2. The zero-order valence-electron chi connectivity index (χ0n) is 15.5. The fourth-order valence-electron chi connectivity index (χ4n) is 3.11. The molecule has 4 rings (SSSR count). The van der Waals surface area contributed by atoms with Gasteiger partial charge in [-0.3, -0.25) is 9.78 Å². The number of amides is 1. The zero-order valence-corrected chi connectivity index (χ0v) is 15.5. The Kier molecular flexibility index (Phi) is 5.01. The second-order valence-corrected chi connectivity index (χ2v) is 6.34. The van der Waals surface area contributed by atoms with Crippen LogP contribution in [0.5, 0.6) is 5.75 Å². The lowest BCUT2D eigenvalue weighted by Gasteiger charge is -2.11. The molecule has 140 valence electrons. The lowest BCUT2D eigenvalue weighted by molar-refractivity contribution is 0.0947. The number of fused-ring (bicyclic) bond motifs is 1. The van der Waals surface area contributed by atoms with E-state index in [1.165, 1.54) is 0 Å². The Labute approximate surface area is 162 Å². The summed E-state index contributed by atoms with van der Waals surface area (Å²) in [4.78, 5) is 21.4. The van der Waals surface area contributed by atoms with Crippen molar-refractivity contribution in [2.24, 2.45) is 7.05 Å². The first-order valence-corrected chi connectivity index (χ1v) is 9.05. The molecule has 0 fully saturated rings. The molecule has 0 spiro atoms. The van der Waals surface area contributed by atoms with Gasteiger partial charge in [-0.25, -0.2) is 4.98 Å². The van der Waals surface area contributed by atoms with Crippen LogP contribution < -0.4 is 10.1 Å². The molecule has 2 aromatic carbocycles. The molecule has 2 heterocycles. The van der Waals surface area contributed by atoms with Crippen molar-refractivity contribution < 1.29 is 9.53 Å². The second-order valence-electron chi connectivity index (χ2n) is 6.34. The zero-order chi connectivity index (χ0) is 19.3. The minimum absolute atomic E-state index is 0.154. The van der Waals surface area contributed by atoms with Crippen LogP contribution in [0.1, 0.15) is 10.4 Å². The van der Waals surface area contributed by atoms with Crippen LogP contribution in [-0.4, -0.2) is 33.6 Å². The van der Waals surface area contributed by atoms with Crippen LogP contribution in [-0.2, 0) is 7.05 Å². The van der Waals surface area contributed by atoms with E-state index in [0.717, 1.165) is 22.3 Å². The summed E-state index contributed by atoms with van der Waals surface area (Å²) < 4.78 is 7.73. The van der Waals surface area contributed by atoms with Gasteiger partial charge in [-0.05, 0) is 18.2 Å². The first kappa shape index (κ1) is 17.7. The van der Waals surface area contributed by atoms with Gasteiger partial charge < -0.3 is 14.6 Å². The highest BCUT2D eigenvalue weighted by Gasteiger charge is 2.14. The van der Waals surface area contributed by atoms with Crippen molar-refractivity contribution in [2.45, 2.75) is 0 Å². The highest BCUT2D eigenvalue weighted by atomic mass is 16.5. The smallest absolute Gasteiger partial charge is 0.252 e. The average Bonchev–Trinajstić information content (AvgIpc) is 3.17. The van der Waals surface area contributed by atoms with E-state index in [0.29, 0.717) is 24.5 Å². The molecule has 0 aliphatic rings. The molecule has 6 heteroatoms. The summed E-state index contributed by atoms with van der Waals surface area (Å²) in [7, 11) is 1.91. The van der Waals surface area contributed by atoms with E-state index in [1.807, 2.05) is 66.3 Å². The molecular weight excluding hydrogens is 352 g/mol. The Morgan fingerprint density at radius 1 is 1.04 bits per heavy atom. The number of nitrogens with zero attached hydrogens (tertiary/aromatic N) is 3. The first-order chi connectivity index (χ1) is 13.7. The van der Waals surface area contributed by atoms with Gasteiger partial charge in [0.25, 0.3) is 5.91 Å². The van der Waals surface area contributed by atoms with Crippen LogP contribution in [0, 0.1) is 0 Å². The lowest BCUT2D eigenvalue weighted by Crippen LogP contribution is -2.28. The van der Waals surface area contributed by atoms with E-state index >= 15 is 0 Å². The summed E-state index contributed by atoms with van der Waals surface area (Å²) in [5.41, 5.74) is 2.20. The van der Waals surface area contributed by atoms with Gasteiger partial charge in [-0.2, -0.15) is 0 Å². The maximum absolute atomic E-state index is 12.7. The molecule has 0 radical (unpaired) electrons. The van der Waals surface area contributed by atoms with Gasteiger partial charge in [0.05, 0.1) is 12.1 Å². The molecule has 0 bridgehead atoms. The molecule has 1 amide bonds. The molecule has 6 nitrogen and oxygen atoms in total. The number of hydrogen-bond acceptors (Lipinski definition) is 4. The number of nitrogens with one attached hydrogen (secondary N) is 1. The third-order valence-corrected chi connectivity index (χ3v) is 4.47. The van der Waals surface area contributed by atoms with Crippen molar-refractivity contribution in [3.05, 3.63) is 78.8 Å². The number of rotatable bonds is 6. The number of pyridine rings is 1. The van der Waals surface area contributed by atoms with E-state index < -0.39 is 0 Å². The normalized spacial score (nSPS) is 10.8. The number of imidazole rings is 1. The first-order valence-electron chi connectivity index (χ1n) is 9.05. The van der Waals surface area contributed by atoms with Crippen molar-refractivity contribution in [1.82, 2.24) is 19.9 Å². The summed E-state index contributed by atoms with van der Waals surface area (Å²) in [5.74, 6) is 1.31. The van der Waals surface area contributed by atoms with Crippen molar-refractivity contribution in [3.8, 4) is 17.1 Å². The lowest BCUT2D eigenvalue weighted by atomic mass is 10.1. The summed E-state index contributed by atoms with van der Waals surface area (Å²) in [6.07, 6.45) is 5.32. The second kappa shape index (κ2) is 7.92. The number of para-hydroxylation sites is 1. The third-order valence-electron chi connectivity index (χ3n) is 4.47. The standard InChI is InChI=1S/C22H20N4O2/c1-26-14-12-24-21(26)17-8-2-3-9-18(17)22(27)25-13-15-28-19-10-4-6-16-7-5-11-23-20(16)19/h2-12,14H,13,15H2,1H3,(H,25,27). The fourth-order valence-corrected chi connectivity index (χ4v) is 3.11. The molecule has 0 saturated carbocycles. The highest BCUT2D eigenvalue weighted by Crippen LogP contribution is 2.23. The Morgan fingerprint density at radius 2 is 1.89 bits per heavy atom. The molecule has 0 atom stereocenters. The summed E-state index contributed by atoms with van der Waals surface area (Å²) in [6.45, 7) is 0.739. The third kappa shape index (κ3) is 3.57. The van der Waals surface area contributed by atoms with Crippen molar-refractivity contribution in [1.29, 1.82) is 0 Å². The monoisotopic (exact) mass is 372 g/mol. The molecule has 0 aliphatic heterocycles. The number of aryl methyl sites for hydroxylation is 1. The van der Waals surface area contributed by atoms with E-state index in [2.05, 4.69) is 15.3 Å². The number of carbonyl (C=O) groups excluding carboxylic acids is 1. The van der Waals surface area contributed by atoms with Crippen molar-refractivity contribution >= 4 is 16.8 Å². The predicted octanol–water partition coefficient (Wildman–Crippen LogP) is 3.44. The Balaban J connectivity index is 1.41. The van der Waals surface area contributed by atoms with E-state index in [4.69, 9.17) is 4.74 Å². The van der Waals surface area contributed by atoms with E-state index in [1.54, 1.807) is 18.5 Å². The molecular formula is C22H20N4O2. The largest absolute Gasteiger partial charge is 0.489 e. The van der Waals surface area contributed by atoms with Gasteiger partial charge in [-0.15, -0.1) is 0 Å². The Hall–Kier alpha value is -3.67. The molecule has 4 aromatic rings. The molecule has 28 heavy (non-hydrogen) atoms. The van der Waals surface area contributed by atoms with Crippen molar-refractivity contribution in [2.75, 3.05) is 13.2 Å². The SMILES string of the molecule is Cn1ccnc1-c1ccccc1C(=O)NCCOc1cccc2cccnc12.